The van der Waals surface area contributed by atoms with E-state index in [1.54, 1.807) is 24.3 Å². The third-order valence-corrected chi connectivity index (χ3v) is 4.52. The van der Waals surface area contributed by atoms with E-state index >= 15 is 0 Å². The van der Waals surface area contributed by atoms with Gasteiger partial charge in [-0.3, -0.25) is 14.5 Å². The van der Waals surface area contributed by atoms with E-state index in [0.717, 1.165) is 11.4 Å². The van der Waals surface area contributed by atoms with Crippen LogP contribution in [0.25, 0.3) is 5.57 Å². The standard InChI is InChI=1S/C21H20ClN3O2/c1-4-13-25-20(26)18(14-5-7-15(22)8-6-14)19(21(25)27)23-16-9-11-17(12-10-16)24(2)3/h4-12,23H,1,13H2,2-3H3. The smallest absolute Gasteiger partial charge is 0.278 e. The number of rotatable bonds is 6. The van der Waals surface area contributed by atoms with Crippen molar-refractivity contribution >= 4 is 40.4 Å². The Balaban J connectivity index is 2.02. The molecule has 2 aromatic rings. The number of carbonyl (C=O) groups is 2. The second-order valence-corrected chi connectivity index (χ2v) is 6.77. The predicted octanol–water partition coefficient (Wildman–Crippen LogP) is 3.78. The third kappa shape index (κ3) is 3.73. The van der Waals surface area contributed by atoms with Gasteiger partial charge in [-0.1, -0.05) is 29.8 Å². The molecule has 1 aliphatic rings. The number of anilines is 2. The van der Waals surface area contributed by atoms with Crippen LogP contribution in [0.4, 0.5) is 11.4 Å². The molecule has 1 heterocycles. The molecule has 1 aliphatic heterocycles. The molecule has 0 radical (unpaired) electrons. The Morgan fingerprint density at radius 1 is 1.04 bits per heavy atom. The summed E-state index contributed by atoms with van der Waals surface area (Å²) in [5, 5.41) is 3.68. The highest BCUT2D eigenvalue weighted by molar-refractivity contribution is 6.37. The van der Waals surface area contributed by atoms with Crippen molar-refractivity contribution in [1.29, 1.82) is 0 Å². The van der Waals surface area contributed by atoms with E-state index in [1.807, 2.05) is 43.3 Å². The van der Waals surface area contributed by atoms with Gasteiger partial charge in [0.05, 0.1) is 5.57 Å². The SMILES string of the molecule is C=CCN1C(=O)C(Nc2ccc(N(C)C)cc2)=C(c2ccc(Cl)cc2)C1=O. The molecule has 2 aromatic carbocycles. The Hall–Kier alpha value is -3.05. The van der Waals surface area contributed by atoms with Crippen molar-refractivity contribution in [3.63, 3.8) is 0 Å². The van der Waals surface area contributed by atoms with Crippen LogP contribution in [0.2, 0.25) is 5.02 Å². The summed E-state index contributed by atoms with van der Waals surface area (Å²) in [4.78, 5) is 28.9. The van der Waals surface area contributed by atoms with Gasteiger partial charge in [-0.05, 0) is 42.0 Å². The molecule has 0 saturated heterocycles. The van der Waals surface area contributed by atoms with E-state index in [0.29, 0.717) is 16.2 Å². The normalized spacial score (nSPS) is 14.0. The average Bonchev–Trinajstić information content (AvgIpc) is 2.88. The van der Waals surface area contributed by atoms with E-state index in [-0.39, 0.29) is 24.1 Å². The Kier molecular flexibility index (Phi) is 5.33. The molecule has 3 rings (SSSR count). The lowest BCUT2D eigenvalue weighted by atomic mass is 10.0. The van der Waals surface area contributed by atoms with E-state index in [1.165, 1.54) is 11.0 Å². The molecular weight excluding hydrogens is 362 g/mol. The first-order valence-corrected chi connectivity index (χ1v) is 8.82. The van der Waals surface area contributed by atoms with Crippen LogP contribution in [0, 0.1) is 0 Å². The summed E-state index contributed by atoms with van der Waals surface area (Å²) in [6, 6.07) is 14.5. The molecule has 1 N–H and O–H groups in total. The Bertz CT molecular complexity index is 915. The van der Waals surface area contributed by atoms with Gasteiger partial charge in [-0.2, -0.15) is 0 Å². The van der Waals surface area contributed by atoms with Gasteiger partial charge in [0.1, 0.15) is 5.70 Å². The number of nitrogens with one attached hydrogen (secondary N) is 1. The highest BCUT2D eigenvalue weighted by Crippen LogP contribution is 2.31. The van der Waals surface area contributed by atoms with E-state index in [4.69, 9.17) is 11.6 Å². The lowest BCUT2D eigenvalue weighted by Gasteiger charge is -2.14. The van der Waals surface area contributed by atoms with Crippen molar-refractivity contribution in [2.75, 3.05) is 30.9 Å². The Morgan fingerprint density at radius 3 is 2.22 bits per heavy atom. The van der Waals surface area contributed by atoms with Gasteiger partial charge < -0.3 is 10.2 Å². The number of benzene rings is 2. The maximum Gasteiger partial charge on any atom is 0.278 e. The molecule has 2 amide bonds. The van der Waals surface area contributed by atoms with Crippen molar-refractivity contribution in [1.82, 2.24) is 4.90 Å². The number of hydrogen-bond donors (Lipinski definition) is 1. The van der Waals surface area contributed by atoms with Crippen LogP contribution in [0.15, 0.2) is 66.9 Å². The molecule has 0 bridgehead atoms. The van der Waals surface area contributed by atoms with Gasteiger partial charge >= 0.3 is 0 Å². The number of carbonyl (C=O) groups excluding carboxylic acids is 2. The van der Waals surface area contributed by atoms with Crippen LogP contribution in [-0.2, 0) is 9.59 Å². The van der Waals surface area contributed by atoms with Gasteiger partial charge in [0.25, 0.3) is 11.8 Å². The third-order valence-electron chi connectivity index (χ3n) is 4.27. The van der Waals surface area contributed by atoms with Crippen LogP contribution < -0.4 is 10.2 Å². The fourth-order valence-electron chi connectivity index (χ4n) is 2.86. The maximum absolute atomic E-state index is 12.9. The molecule has 27 heavy (non-hydrogen) atoms. The zero-order valence-electron chi connectivity index (χ0n) is 15.2. The molecule has 0 saturated carbocycles. The number of nitrogens with zero attached hydrogens (tertiary/aromatic N) is 2. The number of imide groups is 1. The first kappa shape index (κ1) is 18.7. The lowest BCUT2D eigenvalue weighted by Crippen LogP contribution is -2.32. The summed E-state index contributed by atoms with van der Waals surface area (Å²) >= 11 is 5.96. The summed E-state index contributed by atoms with van der Waals surface area (Å²) in [5.41, 5.74) is 2.98. The minimum absolute atomic E-state index is 0.152. The molecule has 6 heteroatoms. The van der Waals surface area contributed by atoms with Crippen molar-refractivity contribution in [2.45, 2.75) is 0 Å². The fraction of sp³-hybridized carbons (Fsp3) is 0.143. The van der Waals surface area contributed by atoms with Crippen LogP contribution >= 0.6 is 11.6 Å². The number of amides is 2. The second-order valence-electron chi connectivity index (χ2n) is 6.33. The fourth-order valence-corrected chi connectivity index (χ4v) is 2.98. The second kappa shape index (κ2) is 7.68. The van der Waals surface area contributed by atoms with Crippen LogP contribution in [0.3, 0.4) is 0 Å². The summed E-state index contributed by atoms with van der Waals surface area (Å²) in [5.74, 6) is -0.726. The zero-order valence-corrected chi connectivity index (χ0v) is 16.0. The van der Waals surface area contributed by atoms with Crippen LogP contribution in [0.5, 0.6) is 0 Å². The van der Waals surface area contributed by atoms with E-state index < -0.39 is 0 Å². The molecule has 0 unspecified atom stereocenters. The van der Waals surface area contributed by atoms with E-state index in [9.17, 15) is 9.59 Å². The minimum Gasteiger partial charge on any atom is -0.378 e. The molecule has 0 spiro atoms. The maximum atomic E-state index is 12.9. The molecule has 0 aromatic heterocycles. The monoisotopic (exact) mass is 381 g/mol. The van der Waals surface area contributed by atoms with Crippen molar-refractivity contribution < 1.29 is 9.59 Å². The molecule has 0 aliphatic carbocycles. The van der Waals surface area contributed by atoms with Crippen LogP contribution in [-0.4, -0.2) is 37.4 Å². The van der Waals surface area contributed by atoms with E-state index in [2.05, 4.69) is 11.9 Å². The molecule has 138 valence electrons. The summed E-state index contributed by atoms with van der Waals surface area (Å²) in [7, 11) is 3.91. The molecule has 5 nitrogen and oxygen atoms in total. The molecule has 0 atom stereocenters. The summed E-state index contributed by atoms with van der Waals surface area (Å²) in [6.07, 6.45) is 1.53. The quantitative estimate of drug-likeness (QED) is 0.611. The zero-order chi connectivity index (χ0) is 19.6. The lowest BCUT2D eigenvalue weighted by molar-refractivity contribution is -0.136. The minimum atomic E-state index is -0.374. The van der Waals surface area contributed by atoms with Crippen molar-refractivity contribution in [2.24, 2.45) is 0 Å². The molecular formula is C21H20ClN3O2. The topological polar surface area (TPSA) is 52.7 Å². The highest BCUT2D eigenvalue weighted by atomic mass is 35.5. The Morgan fingerprint density at radius 2 is 1.67 bits per heavy atom. The summed E-state index contributed by atoms with van der Waals surface area (Å²) < 4.78 is 0. The predicted molar refractivity (Wildman–Crippen MR) is 110 cm³/mol. The van der Waals surface area contributed by atoms with Crippen molar-refractivity contribution in [3.05, 3.63) is 77.5 Å². The van der Waals surface area contributed by atoms with Gasteiger partial charge in [-0.25, -0.2) is 0 Å². The molecule has 0 fully saturated rings. The first-order valence-electron chi connectivity index (χ1n) is 8.44. The van der Waals surface area contributed by atoms with Gasteiger partial charge in [-0.15, -0.1) is 6.58 Å². The van der Waals surface area contributed by atoms with Gasteiger partial charge in [0, 0.05) is 37.0 Å². The van der Waals surface area contributed by atoms with Crippen LogP contribution in [0.1, 0.15) is 5.56 Å². The van der Waals surface area contributed by atoms with Gasteiger partial charge in [0.2, 0.25) is 0 Å². The number of hydrogen-bond acceptors (Lipinski definition) is 4. The number of halogens is 1. The largest absolute Gasteiger partial charge is 0.378 e. The Labute approximate surface area is 163 Å². The first-order chi connectivity index (χ1) is 12.9. The highest BCUT2D eigenvalue weighted by Gasteiger charge is 2.38. The van der Waals surface area contributed by atoms with Crippen molar-refractivity contribution in [3.8, 4) is 0 Å². The van der Waals surface area contributed by atoms with Gasteiger partial charge in [0.15, 0.2) is 0 Å². The summed E-state index contributed by atoms with van der Waals surface area (Å²) in [6.45, 7) is 3.78. The average molecular weight is 382 g/mol.